The number of phenols is 1. The molecular formula is C28H24BrNO6. The third kappa shape index (κ3) is 4.11. The molecule has 2 N–H and O–H groups in total. The van der Waals surface area contributed by atoms with Crippen molar-refractivity contribution in [1.29, 1.82) is 0 Å². The second kappa shape index (κ2) is 9.35. The maximum Gasteiger partial charge on any atom is 0.295 e. The molecule has 3 aromatic carbocycles. The standard InChI is InChI=1S/C28H24BrNO6/c1-15-10-18-11-17(8-9-21(18)36-15)25(31)23-24(19-12-20(29)26(32)22(13-19)35-2)30(28(34)27(23)33)14-16-6-4-3-5-7-16/h3-9,11-13,15,24,31-32H,10,14H2,1-2H3/t15-,24+/m0/s1. The fourth-order valence-electron chi connectivity index (χ4n) is 4.80. The predicted molar refractivity (Wildman–Crippen MR) is 137 cm³/mol. The zero-order valence-electron chi connectivity index (χ0n) is 19.7. The summed E-state index contributed by atoms with van der Waals surface area (Å²) in [6.07, 6.45) is 0.709. The van der Waals surface area contributed by atoms with Gasteiger partial charge in [0, 0.05) is 18.5 Å². The van der Waals surface area contributed by atoms with E-state index in [0.29, 0.717) is 22.0 Å². The Morgan fingerprint density at radius 2 is 1.89 bits per heavy atom. The Labute approximate surface area is 216 Å². The number of ketones is 1. The molecule has 2 heterocycles. The Hall–Kier alpha value is -3.78. The Bertz CT molecular complexity index is 1400. The molecule has 2 aliphatic rings. The Morgan fingerprint density at radius 3 is 2.61 bits per heavy atom. The number of methoxy groups -OCH3 is 1. The molecule has 0 aliphatic carbocycles. The normalized spacial score (nSPS) is 20.4. The highest BCUT2D eigenvalue weighted by Gasteiger charge is 2.46. The number of ether oxygens (including phenoxy) is 2. The van der Waals surface area contributed by atoms with Gasteiger partial charge in [-0.2, -0.15) is 0 Å². The van der Waals surface area contributed by atoms with Gasteiger partial charge in [0.1, 0.15) is 17.6 Å². The first-order chi connectivity index (χ1) is 17.3. The van der Waals surface area contributed by atoms with E-state index in [2.05, 4.69) is 15.9 Å². The average Bonchev–Trinajstić information content (AvgIpc) is 3.37. The summed E-state index contributed by atoms with van der Waals surface area (Å²) in [6.45, 7) is 2.12. The highest BCUT2D eigenvalue weighted by Crippen LogP contribution is 2.45. The fourth-order valence-corrected chi connectivity index (χ4v) is 5.26. The van der Waals surface area contributed by atoms with Crippen LogP contribution in [-0.2, 0) is 22.6 Å². The van der Waals surface area contributed by atoms with E-state index in [1.165, 1.54) is 12.0 Å². The topological polar surface area (TPSA) is 96.3 Å². The maximum absolute atomic E-state index is 13.4. The van der Waals surface area contributed by atoms with Crippen LogP contribution in [0.1, 0.15) is 35.2 Å². The third-order valence-electron chi connectivity index (χ3n) is 6.49. The summed E-state index contributed by atoms with van der Waals surface area (Å²) in [7, 11) is 1.42. The number of halogens is 1. The van der Waals surface area contributed by atoms with Crippen LogP contribution in [0.3, 0.4) is 0 Å². The van der Waals surface area contributed by atoms with Crippen molar-refractivity contribution in [2.75, 3.05) is 7.11 Å². The molecule has 1 saturated heterocycles. The van der Waals surface area contributed by atoms with E-state index >= 15 is 0 Å². The smallest absolute Gasteiger partial charge is 0.295 e. The highest BCUT2D eigenvalue weighted by atomic mass is 79.9. The van der Waals surface area contributed by atoms with Crippen molar-refractivity contribution in [2.45, 2.75) is 32.0 Å². The molecular weight excluding hydrogens is 526 g/mol. The van der Waals surface area contributed by atoms with Crippen molar-refractivity contribution < 1.29 is 29.3 Å². The molecule has 3 aromatic rings. The molecule has 8 heteroatoms. The van der Waals surface area contributed by atoms with E-state index < -0.39 is 17.7 Å². The molecule has 7 nitrogen and oxygen atoms in total. The van der Waals surface area contributed by atoms with Gasteiger partial charge >= 0.3 is 0 Å². The van der Waals surface area contributed by atoms with E-state index in [4.69, 9.17) is 9.47 Å². The number of carbonyl (C=O) groups excluding carboxylic acids is 2. The van der Waals surface area contributed by atoms with Crippen LogP contribution >= 0.6 is 15.9 Å². The number of nitrogens with zero attached hydrogens (tertiary/aromatic N) is 1. The molecule has 1 fully saturated rings. The van der Waals surface area contributed by atoms with Crippen molar-refractivity contribution in [1.82, 2.24) is 4.90 Å². The second-order valence-electron chi connectivity index (χ2n) is 8.92. The first kappa shape index (κ1) is 23.9. The summed E-state index contributed by atoms with van der Waals surface area (Å²) in [4.78, 5) is 28.1. The van der Waals surface area contributed by atoms with E-state index in [9.17, 15) is 19.8 Å². The van der Waals surface area contributed by atoms with Crippen molar-refractivity contribution in [3.05, 3.63) is 93.0 Å². The lowest BCUT2D eigenvalue weighted by atomic mass is 9.94. The molecule has 1 amide bonds. The van der Waals surface area contributed by atoms with Crippen LogP contribution in [-0.4, -0.2) is 40.0 Å². The number of aliphatic hydroxyl groups excluding tert-OH is 1. The van der Waals surface area contributed by atoms with Crippen molar-refractivity contribution in [2.24, 2.45) is 0 Å². The maximum atomic E-state index is 13.4. The molecule has 0 bridgehead atoms. The summed E-state index contributed by atoms with van der Waals surface area (Å²) in [5.41, 5.74) is 2.67. The van der Waals surface area contributed by atoms with Gasteiger partial charge in [0.05, 0.1) is 23.2 Å². The van der Waals surface area contributed by atoms with Gasteiger partial charge in [0.25, 0.3) is 11.7 Å². The first-order valence-electron chi connectivity index (χ1n) is 11.5. The van der Waals surface area contributed by atoms with E-state index in [1.807, 2.05) is 37.3 Å². The Morgan fingerprint density at radius 1 is 1.14 bits per heavy atom. The van der Waals surface area contributed by atoms with Gasteiger partial charge in [-0.15, -0.1) is 0 Å². The number of fused-ring (bicyclic) bond motifs is 1. The second-order valence-corrected chi connectivity index (χ2v) is 9.78. The van der Waals surface area contributed by atoms with Gasteiger partial charge in [0.15, 0.2) is 11.5 Å². The first-order valence-corrected chi connectivity index (χ1v) is 12.3. The number of rotatable bonds is 5. The summed E-state index contributed by atoms with van der Waals surface area (Å²) >= 11 is 3.33. The number of carbonyl (C=O) groups is 2. The molecule has 2 aliphatic heterocycles. The molecule has 0 saturated carbocycles. The molecule has 184 valence electrons. The minimum absolute atomic E-state index is 0.0238. The number of amides is 1. The van der Waals surface area contributed by atoms with Crippen molar-refractivity contribution in [3.8, 4) is 17.2 Å². The molecule has 0 unspecified atom stereocenters. The zero-order chi connectivity index (χ0) is 25.6. The molecule has 36 heavy (non-hydrogen) atoms. The molecule has 5 rings (SSSR count). The van der Waals surface area contributed by atoms with Gasteiger partial charge in [-0.25, -0.2) is 0 Å². The number of aliphatic hydroxyl groups is 1. The van der Waals surface area contributed by atoms with Crippen molar-refractivity contribution in [3.63, 3.8) is 0 Å². The largest absolute Gasteiger partial charge is 0.507 e. The Balaban J connectivity index is 1.68. The lowest BCUT2D eigenvalue weighted by molar-refractivity contribution is -0.140. The van der Waals surface area contributed by atoms with Gasteiger partial charge in [-0.3, -0.25) is 9.59 Å². The lowest BCUT2D eigenvalue weighted by Crippen LogP contribution is -2.29. The Kier molecular flexibility index (Phi) is 6.22. The number of hydrogen-bond donors (Lipinski definition) is 2. The molecule has 0 aromatic heterocycles. The van der Waals surface area contributed by atoms with E-state index in [0.717, 1.165) is 16.9 Å². The minimum atomic E-state index is -0.903. The lowest BCUT2D eigenvalue weighted by Gasteiger charge is -2.26. The van der Waals surface area contributed by atoms with Gasteiger partial charge in [-0.1, -0.05) is 30.3 Å². The van der Waals surface area contributed by atoms with Gasteiger partial charge < -0.3 is 24.6 Å². The summed E-state index contributed by atoms with van der Waals surface area (Å²) in [5, 5.41) is 21.8. The zero-order valence-corrected chi connectivity index (χ0v) is 21.3. The summed E-state index contributed by atoms with van der Waals surface area (Å²) in [6, 6.07) is 16.8. The van der Waals surface area contributed by atoms with Crippen LogP contribution in [0.5, 0.6) is 17.2 Å². The fraction of sp³-hybridized carbons (Fsp3) is 0.214. The number of Topliss-reactive ketones (excluding diaryl/α,β-unsaturated/α-hetero) is 1. The van der Waals surface area contributed by atoms with E-state index in [1.54, 1.807) is 30.3 Å². The quantitative estimate of drug-likeness (QED) is 0.261. The number of phenolic OH excluding ortho intramolecular Hbond substituents is 1. The SMILES string of the molecule is COc1cc([C@@H]2C(=C(O)c3ccc4c(c3)C[C@H](C)O4)C(=O)C(=O)N2Cc2ccccc2)cc(Br)c1O. The van der Waals surface area contributed by atoms with Crippen molar-refractivity contribution >= 4 is 33.4 Å². The highest BCUT2D eigenvalue weighted by molar-refractivity contribution is 9.10. The van der Waals surface area contributed by atoms with Crippen LogP contribution in [0, 0.1) is 0 Å². The number of hydrogen-bond acceptors (Lipinski definition) is 6. The van der Waals surface area contributed by atoms with E-state index in [-0.39, 0.29) is 35.5 Å². The van der Waals surface area contributed by atoms with Crippen LogP contribution in [0.25, 0.3) is 5.76 Å². The number of likely N-dealkylation sites (tertiary alicyclic amines) is 1. The van der Waals surface area contributed by atoms with Crippen LogP contribution < -0.4 is 9.47 Å². The van der Waals surface area contributed by atoms with Gasteiger partial charge in [-0.05, 0) is 69.9 Å². The molecule has 2 atom stereocenters. The van der Waals surface area contributed by atoms with Crippen LogP contribution in [0.4, 0.5) is 0 Å². The van der Waals surface area contributed by atoms with Crippen LogP contribution in [0.2, 0.25) is 0 Å². The summed E-state index contributed by atoms with van der Waals surface area (Å²) in [5.74, 6) is -0.942. The monoisotopic (exact) mass is 549 g/mol. The molecule has 0 spiro atoms. The third-order valence-corrected chi connectivity index (χ3v) is 7.10. The number of aromatic hydroxyl groups is 1. The predicted octanol–water partition coefficient (Wildman–Crippen LogP) is 5.11. The summed E-state index contributed by atoms with van der Waals surface area (Å²) < 4.78 is 11.4. The van der Waals surface area contributed by atoms with Gasteiger partial charge in [0.2, 0.25) is 0 Å². The molecule has 0 radical (unpaired) electrons. The number of benzene rings is 3. The van der Waals surface area contributed by atoms with Crippen LogP contribution in [0.15, 0.2) is 70.7 Å². The minimum Gasteiger partial charge on any atom is -0.507 e. The average molecular weight is 550 g/mol.